The molecule has 0 saturated carbocycles. The molecule has 0 unspecified atom stereocenters. The lowest BCUT2D eigenvalue weighted by Crippen LogP contribution is -2.33. The molecule has 0 fully saturated rings. The van der Waals surface area contributed by atoms with Gasteiger partial charge in [0.2, 0.25) is 0 Å². The normalized spacial score (nSPS) is 9.89. The van der Waals surface area contributed by atoms with E-state index in [1.807, 2.05) is 0 Å². The first-order chi connectivity index (χ1) is 8.54. The fraction of sp³-hybridized carbons (Fsp3) is 0.364. The van der Waals surface area contributed by atoms with Gasteiger partial charge in [0.25, 0.3) is 0 Å². The maximum atomic E-state index is 13.4. The Kier molecular flexibility index (Phi) is 5.04. The Labute approximate surface area is 104 Å². The molecule has 0 aliphatic carbocycles. The number of nitrogens with two attached hydrogens (primary N) is 2. The third-order valence-corrected chi connectivity index (χ3v) is 2.14. The highest BCUT2D eigenvalue weighted by molar-refractivity contribution is 5.72. The molecule has 0 aliphatic rings. The second-order valence-electron chi connectivity index (χ2n) is 3.52. The van der Waals surface area contributed by atoms with Crippen molar-refractivity contribution >= 4 is 17.4 Å². The Morgan fingerprint density at radius 2 is 2.17 bits per heavy atom. The monoisotopic (exact) mass is 256 g/mol. The van der Waals surface area contributed by atoms with Crippen molar-refractivity contribution in [1.29, 1.82) is 0 Å². The van der Waals surface area contributed by atoms with Crippen LogP contribution in [0.2, 0.25) is 0 Å². The summed E-state index contributed by atoms with van der Waals surface area (Å²) in [4.78, 5) is 10.5. The summed E-state index contributed by atoms with van der Waals surface area (Å²) in [6.07, 6.45) is 0. The molecule has 6 N–H and O–H groups in total. The first kappa shape index (κ1) is 13.9. The summed E-state index contributed by atoms with van der Waals surface area (Å²) in [5.41, 5.74) is 11.4. The van der Waals surface area contributed by atoms with Gasteiger partial charge in [-0.3, -0.25) is 0 Å². The lowest BCUT2D eigenvalue weighted by molar-refractivity contribution is 0.249. The fourth-order valence-electron chi connectivity index (χ4n) is 1.37. The number of anilines is 2. The molecule has 0 heterocycles. The molecule has 0 aliphatic heterocycles. The molecule has 0 spiro atoms. The van der Waals surface area contributed by atoms with E-state index in [0.717, 1.165) is 0 Å². The highest BCUT2D eigenvalue weighted by Gasteiger charge is 2.08. The lowest BCUT2D eigenvalue weighted by atomic mass is 10.2. The van der Waals surface area contributed by atoms with E-state index in [1.165, 1.54) is 12.1 Å². The van der Waals surface area contributed by atoms with E-state index >= 15 is 0 Å². The fourth-order valence-corrected chi connectivity index (χ4v) is 1.37. The van der Waals surface area contributed by atoms with Gasteiger partial charge in [-0.25, -0.2) is 9.18 Å². The van der Waals surface area contributed by atoms with Crippen LogP contribution in [0.15, 0.2) is 12.1 Å². The molecule has 18 heavy (non-hydrogen) atoms. The van der Waals surface area contributed by atoms with Gasteiger partial charge in [-0.1, -0.05) is 0 Å². The minimum atomic E-state index is -0.598. The Hall–Kier alpha value is -2.18. The summed E-state index contributed by atoms with van der Waals surface area (Å²) in [6, 6.07) is 2.08. The number of carbonyl (C=O) groups is 1. The van der Waals surface area contributed by atoms with Gasteiger partial charge >= 0.3 is 6.03 Å². The minimum absolute atomic E-state index is 0.136. The van der Waals surface area contributed by atoms with Crippen molar-refractivity contribution in [3.63, 3.8) is 0 Å². The number of nitrogens with one attached hydrogen (secondary N) is 2. The molecule has 0 atom stereocenters. The second-order valence-corrected chi connectivity index (χ2v) is 3.52. The molecule has 0 saturated heterocycles. The lowest BCUT2D eigenvalue weighted by Gasteiger charge is -2.12. The standard InChI is InChI=1S/C11H17FN4O2/c1-2-18-10-6-9(8(13)5-7(10)12)15-3-4-16-11(14)17/h5-6,15H,2-4,13H2,1H3,(H3,14,16,17). The Balaban J connectivity index is 2.64. The van der Waals surface area contributed by atoms with Crippen molar-refractivity contribution in [2.75, 3.05) is 30.7 Å². The second kappa shape index (κ2) is 6.53. The quantitative estimate of drug-likeness (QED) is 0.448. The van der Waals surface area contributed by atoms with Crippen LogP contribution >= 0.6 is 0 Å². The van der Waals surface area contributed by atoms with Gasteiger partial charge < -0.3 is 26.8 Å². The first-order valence-electron chi connectivity index (χ1n) is 5.53. The Morgan fingerprint density at radius 3 is 2.78 bits per heavy atom. The van der Waals surface area contributed by atoms with Gasteiger partial charge in [0, 0.05) is 25.2 Å². The molecule has 6 nitrogen and oxygen atoms in total. The van der Waals surface area contributed by atoms with Crippen molar-refractivity contribution in [3.05, 3.63) is 17.9 Å². The topological polar surface area (TPSA) is 102 Å². The highest BCUT2D eigenvalue weighted by atomic mass is 19.1. The van der Waals surface area contributed by atoms with Crippen LogP contribution in [0.25, 0.3) is 0 Å². The number of rotatable bonds is 6. The highest BCUT2D eigenvalue weighted by Crippen LogP contribution is 2.27. The molecule has 7 heteroatoms. The zero-order valence-corrected chi connectivity index (χ0v) is 10.1. The zero-order chi connectivity index (χ0) is 13.5. The summed E-state index contributed by atoms with van der Waals surface area (Å²) in [5.74, 6) is -0.368. The van der Waals surface area contributed by atoms with Crippen molar-refractivity contribution < 1.29 is 13.9 Å². The van der Waals surface area contributed by atoms with Crippen LogP contribution in [0.1, 0.15) is 6.92 Å². The van der Waals surface area contributed by atoms with Gasteiger partial charge in [-0.05, 0) is 6.92 Å². The third kappa shape index (κ3) is 4.00. The van der Waals surface area contributed by atoms with E-state index in [1.54, 1.807) is 6.92 Å². The van der Waals surface area contributed by atoms with Gasteiger partial charge in [0.15, 0.2) is 11.6 Å². The zero-order valence-electron chi connectivity index (χ0n) is 10.1. The molecule has 0 radical (unpaired) electrons. The number of halogens is 1. The predicted octanol–water partition coefficient (Wildman–Crippen LogP) is 0.887. The SMILES string of the molecule is CCOc1cc(NCCNC(N)=O)c(N)cc1F. The summed E-state index contributed by atoms with van der Waals surface area (Å²) in [5, 5.41) is 5.37. The van der Waals surface area contributed by atoms with Gasteiger partial charge in [-0.2, -0.15) is 0 Å². The summed E-state index contributed by atoms with van der Waals surface area (Å²) in [6.45, 7) is 2.89. The van der Waals surface area contributed by atoms with Gasteiger partial charge in [0.1, 0.15) is 0 Å². The number of hydrogen-bond donors (Lipinski definition) is 4. The van der Waals surface area contributed by atoms with E-state index in [-0.39, 0.29) is 11.4 Å². The first-order valence-corrected chi connectivity index (χ1v) is 5.53. The summed E-state index contributed by atoms with van der Waals surface area (Å²) in [7, 11) is 0. The van der Waals surface area contributed by atoms with E-state index in [9.17, 15) is 9.18 Å². The predicted molar refractivity (Wildman–Crippen MR) is 68.1 cm³/mol. The average molecular weight is 256 g/mol. The van der Waals surface area contributed by atoms with Crippen LogP contribution < -0.4 is 26.8 Å². The van der Waals surface area contributed by atoms with Gasteiger partial charge in [0.05, 0.1) is 18.0 Å². The smallest absolute Gasteiger partial charge is 0.312 e. The van der Waals surface area contributed by atoms with Crippen LogP contribution in [0.4, 0.5) is 20.6 Å². The van der Waals surface area contributed by atoms with E-state index in [2.05, 4.69) is 10.6 Å². The van der Waals surface area contributed by atoms with Crippen molar-refractivity contribution in [3.8, 4) is 5.75 Å². The molecule has 100 valence electrons. The molecular formula is C11H17FN4O2. The van der Waals surface area contributed by atoms with Crippen molar-refractivity contribution in [1.82, 2.24) is 5.32 Å². The van der Waals surface area contributed by atoms with Crippen molar-refractivity contribution in [2.24, 2.45) is 5.73 Å². The average Bonchev–Trinajstić information content (AvgIpc) is 2.29. The third-order valence-electron chi connectivity index (χ3n) is 2.14. The molecule has 0 bridgehead atoms. The number of hydrogen-bond acceptors (Lipinski definition) is 4. The maximum Gasteiger partial charge on any atom is 0.312 e. The van der Waals surface area contributed by atoms with Crippen LogP contribution in [0.3, 0.4) is 0 Å². The van der Waals surface area contributed by atoms with E-state index < -0.39 is 11.8 Å². The number of primary amides is 1. The molecular weight excluding hydrogens is 239 g/mol. The molecule has 1 aromatic rings. The summed E-state index contributed by atoms with van der Waals surface area (Å²) >= 11 is 0. The number of benzene rings is 1. The largest absolute Gasteiger partial charge is 0.491 e. The van der Waals surface area contributed by atoms with Crippen LogP contribution in [0, 0.1) is 5.82 Å². The minimum Gasteiger partial charge on any atom is -0.491 e. The van der Waals surface area contributed by atoms with Gasteiger partial charge in [-0.15, -0.1) is 0 Å². The molecule has 0 aromatic heterocycles. The van der Waals surface area contributed by atoms with Crippen molar-refractivity contribution in [2.45, 2.75) is 6.92 Å². The number of amides is 2. The number of nitrogen functional groups attached to an aromatic ring is 1. The Morgan fingerprint density at radius 1 is 1.44 bits per heavy atom. The maximum absolute atomic E-state index is 13.4. The molecule has 2 amide bonds. The van der Waals surface area contributed by atoms with Crippen LogP contribution in [0.5, 0.6) is 5.75 Å². The number of urea groups is 1. The van der Waals surface area contributed by atoms with E-state index in [4.69, 9.17) is 16.2 Å². The van der Waals surface area contributed by atoms with Crippen LogP contribution in [-0.4, -0.2) is 25.7 Å². The molecule has 1 aromatic carbocycles. The van der Waals surface area contributed by atoms with Crippen LogP contribution in [-0.2, 0) is 0 Å². The van der Waals surface area contributed by atoms with E-state index in [0.29, 0.717) is 25.4 Å². The summed E-state index contributed by atoms with van der Waals surface area (Å²) < 4.78 is 18.5. The molecule has 1 rings (SSSR count). The number of carbonyl (C=O) groups excluding carboxylic acids is 1. The Bertz CT molecular complexity index is 426. The number of ether oxygens (including phenoxy) is 1.